The summed E-state index contributed by atoms with van der Waals surface area (Å²) >= 11 is -1.43. The van der Waals surface area contributed by atoms with Crippen LogP contribution >= 0.6 is 0 Å². The highest BCUT2D eigenvalue weighted by atomic mass is 32.2. The maximum Gasteiger partial charge on any atom is 0.266 e. The third kappa shape index (κ3) is 5.15. The quantitative estimate of drug-likeness (QED) is 0.373. The van der Waals surface area contributed by atoms with Gasteiger partial charge in [0.15, 0.2) is 6.04 Å². The highest BCUT2D eigenvalue weighted by Crippen LogP contribution is 2.28. The van der Waals surface area contributed by atoms with E-state index in [1.54, 1.807) is 0 Å². The summed E-state index contributed by atoms with van der Waals surface area (Å²) in [5.74, 6) is -2.12. The maximum atomic E-state index is 13.3. The number of nitrogens with zero attached hydrogens (tertiary/aromatic N) is 1. The van der Waals surface area contributed by atoms with Crippen LogP contribution in [0.25, 0.3) is 0 Å². The molecular formula is C19H20F2N2O6S2. The first-order chi connectivity index (χ1) is 14.6. The summed E-state index contributed by atoms with van der Waals surface area (Å²) in [4.78, 5) is 11.9. The van der Waals surface area contributed by atoms with Crippen LogP contribution in [0.1, 0.15) is 12.5 Å². The van der Waals surface area contributed by atoms with E-state index < -0.39 is 50.0 Å². The second kappa shape index (κ2) is 9.49. The molecule has 3 atom stereocenters. The molecule has 8 nitrogen and oxygen atoms in total. The van der Waals surface area contributed by atoms with Gasteiger partial charge in [-0.05, 0) is 60.1 Å². The van der Waals surface area contributed by atoms with Crippen LogP contribution in [0.15, 0.2) is 47.4 Å². The minimum Gasteiger partial charge on any atom is -0.616 e. The first-order valence-electron chi connectivity index (χ1n) is 9.14. The number of halogens is 2. The third-order valence-corrected chi connectivity index (χ3v) is 8.39. The molecule has 0 saturated carbocycles. The molecule has 1 aliphatic heterocycles. The number of nitrogens with one attached hydrogen (secondary N) is 1. The topological polar surface area (TPSA) is 119 Å². The van der Waals surface area contributed by atoms with E-state index in [1.807, 2.05) is 0 Å². The molecule has 1 fully saturated rings. The van der Waals surface area contributed by atoms with Gasteiger partial charge in [0.05, 0.1) is 11.4 Å². The van der Waals surface area contributed by atoms with Gasteiger partial charge in [-0.15, -0.1) is 0 Å². The number of carbonyl (C=O) groups is 1. The molecule has 3 rings (SSSR count). The van der Waals surface area contributed by atoms with E-state index in [4.69, 9.17) is 9.94 Å². The van der Waals surface area contributed by atoms with Gasteiger partial charge < -0.3 is 9.29 Å². The van der Waals surface area contributed by atoms with E-state index in [0.29, 0.717) is 0 Å². The van der Waals surface area contributed by atoms with Gasteiger partial charge >= 0.3 is 0 Å². The molecule has 31 heavy (non-hydrogen) atoms. The smallest absolute Gasteiger partial charge is 0.266 e. The van der Waals surface area contributed by atoms with Crippen molar-refractivity contribution in [2.45, 2.75) is 29.7 Å². The zero-order valence-electron chi connectivity index (χ0n) is 16.3. The maximum absolute atomic E-state index is 13.3. The summed E-state index contributed by atoms with van der Waals surface area (Å²) in [5, 5.41) is 8.17. The van der Waals surface area contributed by atoms with Crippen LogP contribution in [-0.4, -0.2) is 52.0 Å². The number of hydroxylamine groups is 1. The van der Waals surface area contributed by atoms with Crippen LogP contribution in [0.2, 0.25) is 0 Å². The summed E-state index contributed by atoms with van der Waals surface area (Å²) < 4.78 is 71.1. The lowest BCUT2D eigenvalue weighted by Crippen LogP contribution is -2.61. The Morgan fingerprint density at radius 2 is 1.87 bits per heavy atom. The SMILES string of the molecule is CC1C(C(=O)NO)N(S(=O)(=O)c2ccc(OCc3cc(F)cc(F)c3)cc2)CC[S+]1[O-]. The van der Waals surface area contributed by atoms with Crippen molar-refractivity contribution in [1.82, 2.24) is 9.79 Å². The first kappa shape index (κ1) is 23.4. The predicted molar refractivity (Wildman–Crippen MR) is 107 cm³/mol. The Balaban J connectivity index is 1.77. The van der Waals surface area contributed by atoms with Crippen molar-refractivity contribution in [3.05, 3.63) is 59.7 Å². The van der Waals surface area contributed by atoms with Crippen LogP contribution in [0.4, 0.5) is 8.78 Å². The van der Waals surface area contributed by atoms with Crippen molar-refractivity contribution >= 4 is 27.1 Å². The molecule has 168 valence electrons. The molecule has 1 amide bonds. The fourth-order valence-corrected chi connectivity index (χ4v) is 6.43. The molecule has 2 N–H and O–H groups in total. The largest absolute Gasteiger partial charge is 0.616 e. The Bertz CT molecular complexity index is 1030. The standard InChI is InChI=1S/C19H20F2N2O6S2/c1-12-18(19(24)22-25)23(6-7-30(12)26)31(27,28)17-4-2-16(3-5-17)29-11-13-8-14(20)10-15(21)9-13/h2-5,8-10,12,18,25H,6-7,11H2,1H3,(H,22,24). The lowest BCUT2D eigenvalue weighted by Gasteiger charge is -2.37. The normalized spacial score (nSPS) is 22.2. The molecule has 2 aromatic rings. The van der Waals surface area contributed by atoms with E-state index in [9.17, 15) is 26.5 Å². The zero-order valence-corrected chi connectivity index (χ0v) is 18.0. The monoisotopic (exact) mass is 474 g/mol. The second-order valence-corrected chi connectivity index (χ2v) is 10.7. The van der Waals surface area contributed by atoms with Gasteiger partial charge in [-0.25, -0.2) is 22.7 Å². The van der Waals surface area contributed by atoms with Gasteiger partial charge in [-0.2, -0.15) is 4.31 Å². The number of rotatable bonds is 6. The van der Waals surface area contributed by atoms with Gasteiger partial charge in [0.25, 0.3) is 5.91 Å². The van der Waals surface area contributed by atoms with Gasteiger partial charge in [0, 0.05) is 6.07 Å². The van der Waals surface area contributed by atoms with E-state index >= 15 is 0 Å². The molecular weight excluding hydrogens is 454 g/mol. The second-order valence-electron chi connectivity index (χ2n) is 6.86. The molecule has 1 saturated heterocycles. The summed E-state index contributed by atoms with van der Waals surface area (Å²) in [7, 11) is -4.15. The number of amides is 1. The van der Waals surface area contributed by atoms with Crippen molar-refractivity contribution in [2.75, 3.05) is 12.3 Å². The van der Waals surface area contributed by atoms with E-state index in [-0.39, 0.29) is 35.1 Å². The highest BCUT2D eigenvalue weighted by molar-refractivity contribution is 7.92. The average molecular weight is 475 g/mol. The third-order valence-electron chi connectivity index (χ3n) is 4.82. The van der Waals surface area contributed by atoms with E-state index in [0.717, 1.165) is 22.5 Å². The van der Waals surface area contributed by atoms with Gasteiger partial charge in [0.2, 0.25) is 10.0 Å². The van der Waals surface area contributed by atoms with Crippen molar-refractivity contribution in [2.24, 2.45) is 0 Å². The lowest BCUT2D eigenvalue weighted by molar-refractivity contribution is -0.133. The van der Waals surface area contributed by atoms with Crippen LogP contribution in [0.5, 0.6) is 5.75 Å². The minimum absolute atomic E-state index is 0.0565. The Morgan fingerprint density at radius 3 is 2.45 bits per heavy atom. The molecule has 0 bridgehead atoms. The Labute approximate surface area is 181 Å². The molecule has 1 heterocycles. The molecule has 0 aromatic heterocycles. The van der Waals surface area contributed by atoms with E-state index in [1.165, 1.54) is 36.7 Å². The van der Waals surface area contributed by atoms with Gasteiger partial charge in [0.1, 0.15) is 35.0 Å². The van der Waals surface area contributed by atoms with Crippen LogP contribution in [0.3, 0.4) is 0 Å². The van der Waals surface area contributed by atoms with Gasteiger partial charge in [-0.1, -0.05) is 0 Å². The van der Waals surface area contributed by atoms with Gasteiger partial charge in [-0.3, -0.25) is 10.0 Å². The minimum atomic E-state index is -4.15. The molecule has 3 unspecified atom stereocenters. The Hall–Kier alpha value is -2.25. The summed E-state index contributed by atoms with van der Waals surface area (Å²) in [5.41, 5.74) is 1.70. The van der Waals surface area contributed by atoms with Crippen LogP contribution in [-0.2, 0) is 32.6 Å². The lowest BCUT2D eigenvalue weighted by atomic mass is 10.2. The van der Waals surface area contributed by atoms with Crippen LogP contribution in [0, 0.1) is 11.6 Å². The fourth-order valence-electron chi connectivity index (χ4n) is 3.27. The summed E-state index contributed by atoms with van der Waals surface area (Å²) in [6, 6.07) is 6.92. The predicted octanol–water partition coefficient (Wildman–Crippen LogP) is 1.56. The number of carbonyl (C=O) groups excluding carboxylic acids is 1. The first-order valence-corrected chi connectivity index (χ1v) is 12.0. The highest BCUT2D eigenvalue weighted by Gasteiger charge is 2.47. The van der Waals surface area contributed by atoms with Crippen molar-refractivity contribution in [3.63, 3.8) is 0 Å². The molecule has 12 heteroatoms. The number of ether oxygens (including phenoxy) is 1. The Morgan fingerprint density at radius 1 is 1.26 bits per heavy atom. The van der Waals surface area contributed by atoms with Crippen molar-refractivity contribution < 1.29 is 36.5 Å². The molecule has 0 radical (unpaired) electrons. The zero-order chi connectivity index (χ0) is 22.8. The number of benzene rings is 2. The fraction of sp³-hybridized carbons (Fsp3) is 0.316. The van der Waals surface area contributed by atoms with Crippen LogP contribution < -0.4 is 10.2 Å². The summed E-state index contributed by atoms with van der Waals surface area (Å²) in [6.07, 6.45) is 0. The average Bonchev–Trinajstić information content (AvgIpc) is 2.73. The molecule has 2 aromatic carbocycles. The number of hydrogen-bond donors (Lipinski definition) is 2. The Kier molecular flexibility index (Phi) is 7.17. The number of hydrogen-bond acceptors (Lipinski definition) is 6. The molecule has 0 spiro atoms. The number of sulfonamides is 1. The molecule has 0 aliphatic carbocycles. The summed E-state index contributed by atoms with van der Waals surface area (Å²) in [6.45, 7) is 1.19. The van der Waals surface area contributed by atoms with Crippen molar-refractivity contribution in [1.29, 1.82) is 0 Å². The molecule has 1 aliphatic rings. The van der Waals surface area contributed by atoms with Crippen molar-refractivity contribution in [3.8, 4) is 5.75 Å². The van der Waals surface area contributed by atoms with E-state index in [2.05, 4.69) is 0 Å².